The predicted molar refractivity (Wildman–Crippen MR) is 113 cm³/mol. The van der Waals surface area contributed by atoms with Crippen molar-refractivity contribution in [1.82, 2.24) is 9.88 Å². The molecule has 0 unspecified atom stereocenters. The SMILES string of the molecule is CCC(=O)N(Cc1ccc2c(c1)OCO2)Cc1cc2cc(C)c(C)cc2nc1Cl. The third kappa shape index (κ3) is 4.01. The van der Waals surface area contributed by atoms with Gasteiger partial charge < -0.3 is 14.4 Å². The molecule has 0 atom stereocenters. The number of hydrogen-bond donors (Lipinski definition) is 0. The summed E-state index contributed by atoms with van der Waals surface area (Å²) in [7, 11) is 0. The third-order valence-corrected chi connectivity index (χ3v) is 5.61. The minimum Gasteiger partial charge on any atom is -0.454 e. The topological polar surface area (TPSA) is 51.7 Å². The largest absolute Gasteiger partial charge is 0.454 e. The van der Waals surface area contributed by atoms with Crippen molar-refractivity contribution >= 4 is 28.4 Å². The number of fused-ring (bicyclic) bond motifs is 2. The summed E-state index contributed by atoms with van der Waals surface area (Å²) in [5.41, 5.74) is 5.07. The van der Waals surface area contributed by atoms with Crippen molar-refractivity contribution in [2.45, 2.75) is 40.3 Å². The molecule has 0 aliphatic carbocycles. The zero-order valence-corrected chi connectivity index (χ0v) is 17.5. The molecule has 0 radical (unpaired) electrons. The van der Waals surface area contributed by atoms with Gasteiger partial charge in [-0.1, -0.05) is 24.6 Å². The molecule has 0 saturated heterocycles. The van der Waals surface area contributed by atoms with Crippen LogP contribution in [0.25, 0.3) is 10.9 Å². The van der Waals surface area contributed by atoms with E-state index >= 15 is 0 Å². The Morgan fingerprint density at radius 1 is 1.07 bits per heavy atom. The Morgan fingerprint density at radius 3 is 2.62 bits per heavy atom. The summed E-state index contributed by atoms with van der Waals surface area (Å²) in [6, 6.07) is 11.9. The van der Waals surface area contributed by atoms with Crippen LogP contribution in [0.3, 0.4) is 0 Å². The average Bonchev–Trinajstić information content (AvgIpc) is 3.17. The van der Waals surface area contributed by atoms with Crippen molar-refractivity contribution in [2.24, 2.45) is 0 Å². The Morgan fingerprint density at radius 2 is 1.83 bits per heavy atom. The van der Waals surface area contributed by atoms with Gasteiger partial charge in [0.2, 0.25) is 12.7 Å². The highest BCUT2D eigenvalue weighted by Crippen LogP contribution is 2.33. The molecule has 1 amide bonds. The fraction of sp³-hybridized carbons (Fsp3) is 0.304. The molecular formula is C23H23ClN2O3. The van der Waals surface area contributed by atoms with E-state index in [4.69, 9.17) is 21.1 Å². The lowest BCUT2D eigenvalue weighted by atomic mass is 10.0. The standard InChI is InChI=1S/C23H23ClN2O3/c1-4-22(27)26(11-16-5-6-20-21(9-16)29-13-28-20)12-18-10-17-7-14(2)15(3)8-19(17)25-23(18)24/h5-10H,4,11-13H2,1-3H3. The molecule has 2 heterocycles. The van der Waals surface area contributed by atoms with E-state index in [1.165, 1.54) is 11.1 Å². The number of carbonyl (C=O) groups is 1. The zero-order valence-electron chi connectivity index (χ0n) is 16.8. The van der Waals surface area contributed by atoms with E-state index in [9.17, 15) is 4.79 Å². The molecule has 0 N–H and O–H groups in total. The maximum absolute atomic E-state index is 12.6. The number of benzene rings is 2. The number of aromatic nitrogens is 1. The normalized spacial score (nSPS) is 12.4. The van der Waals surface area contributed by atoms with Gasteiger partial charge in [-0.05, 0) is 60.9 Å². The molecule has 150 valence electrons. The molecule has 0 bridgehead atoms. The molecule has 0 spiro atoms. The molecule has 1 aromatic heterocycles. The molecule has 0 saturated carbocycles. The second-order valence-corrected chi connectivity index (χ2v) is 7.72. The van der Waals surface area contributed by atoms with E-state index in [2.05, 4.69) is 24.9 Å². The highest BCUT2D eigenvalue weighted by atomic mass is 35.5. The molecule has 1 aliphatic rings. The summed E-state index contributed by atoms with van der Waals surface area (Å²) < 4.78 is 10.8. The first-order chi connectivity index (χ1) is 13.9. The van der Waals surface area contributed by atoms with Gasteiger partial charge in [-0.2, -0.15) is 0 Å². The van der Waals surface area contributed by atoms with Gasteiger partial charge in [0.1, 0.15) is 5.15 Å². The van der Waals surface area contributed by atoms with Crippen molar-refractivity contribution in [3.05, 3.63) is 63.8 Å². The Bertz CT molecular complexity index is 1100. The van der Waals surface area contributed by atoms with Gasteiger partial charge in [-0.3, -0.25) is 4.79 Å². The summed E-state index contributed by atoms with van der Waals surface area (Å²) >= 11 is 6.48. The van der Waals surface area contributed by atoms with Gasteiger partial charge in [-0.15, -0.1) is 0 Å². The van der Waals surface area contributed by atoms with E-state index in [-0.39, 0.29) is 12.7 Å². The van der Waals surface area contributed by atoms with E-state index in [0.29, 0.717) is 30.4 Å². The lowest BCUT2D eigenvalue weighted by Gasteiger charge is -2.23. The number of aryl methyl sites for hydroxylation is 2. The third-order valence-electron chi connectivity index (χ3n) is 5.28. The minimum atomic E-state index is 0.0546. The first kappa shape index (κ1) is 19.5. The Labute approximate surface area is 175 Å². The number of carbonyl (C=O) groups excluding carboxylic acids is 1. The molecule has 5 nitrogen and oxygen atoms in total. The zero-order chi connectivity index (χ0) is 20.5. The van der Waals surface area contributed by atoms with Crippen LogP contribution in [0.4, 0.5) is 0 Å². The van der Waals surface area contributed by atoms with Crippen molar-refractivity contribution in [1.29, 1.82) is 0 Å². The van der Waals surface area contributed by atoms with Crippen LogP contribution in [0.2, 0.25) is 5.15 Å². The fourth-order valence-electron chi connectivity index (χ4n) is 3.49. The monoisotopic (exact) mass is 410 g/mol. The van der Waals surface area contributed by atoms with Crippen LogP contribution in [0.15, 0.2) is 36.4 Å². The van der Waals surface area contributed by atoms with E-state index in [0.717, 1.165) is 27.8 Å². The lowest BCUT2D eigenvalue weighted by molar-refractivity contribution is -0.132. The maximum atomic E-state index is 12.6. The molecule has 29 heavy (non-hydrogen) atoms. The Balaban J connectivity index is 1.63. The van der Waals surface area contributed by atoms with Crippen molar-refractivity contribution < 1.29 is 14.3 Å². The summed E-state index contributed by atoms with van der Waals surface area (Å²) in [4.78, 5) is 19.0. The van der Waals surface area contributed by atoms with Gasteiger partial charge in [0, 0.05) is 30.5 Å². The van der Waals surface area contributed by atoms with Gasteiger partial charge in [0.05, 0.1) is 5.52 Å². The van der Waals surface area contributed by atoms with Gasteiger partial charge in [-0.25, -0.2) is 4.98 Å². The molecule has 0 fully saturated rings. The van der Waals surface area contributed by atoms with Crippen molar-refractivity contribution in [3.8, 4) is 11.5 Å². The Kier molecular flexibility index (Phi) is 5.33. The molecule has 2 aromatic carbocycles. The van der Waals surface area contributed by atoms with E-state index in [1.54, 1.807) is 4.90 Å². The van der Waals surface area contributed by atoms with Crippen LogP contribution in [-0.4, -0.2) is 22.6 Å². The van der Waals surface area contributed by atoms with Crippen LogP contribution < -0.4 is 9.47 Å². The van der Waals surface area contributed by atoms with Gasteiger partial charge in [0.15, 0.2) is 11.5 Å². The lowest BCUT2D eigenvalue weighted by Crippen LogP contribution is -2.29. The van der Waals surface area contributed by atoms with E-state index in [1.807, 2.05) is 37.3 Å². The number of halogens is 1. The predicted octanol–water partition coefficient (Wildman–Crippen LogP) is 5.17. The molecule has 1 aliphatic heterocycles. The summed E-state index contributed by atoms with van der Waals surface area (Å²) in [5, 5.41) is 1.46. The quantitative estimate of drug-likeness (QED) is 0.544. The minimum absolute atomic E-state index is 0.0546. The molecular weight excluding hydrogens is 388 g/mol. The van der Waals surface area contributed by atoms with Crippen LogP contribution in [0.1, 0.15) is 35.6 Å². The van der Waals surface area contributed by atoms with Gasteiger partial charge >= 0.3 is 0 Å². The smallest absolute Gasteiger partial charge is 0.231 e. The summed E-state index contributed by atoms with van der Waals surface area (Å²) in [5.74, 6) is 1.50. The second-order valence-electron chi connectivity index (χ2n) is 7.36. The molecule has 4 rings (SSSR count). The van der Waals surface area contributed by atoms with E-state index < -0.39 is 0 Å². The molecule has 3 aromatic rings. The Hall–Kier alpha value is -2.79. The molecule has 6 heteroatoms. The number of hydrogen-bond acceptors (Lipinski definition) is 4. The number of rotatable bonds is 5. The van der Waals surface area contributed by atoms with Crippen LogP contribution in [0, 0.1) is 13.8 Å². The summed E-state index contributed by atoms with van der Waals surface area (Å²) in [6.07, 6.45) is 0.418. The summed E-state index contributed by atoms with van der Waals surface area (Å²) in [6.45, 7) is 7.09. The van der Waals surface area contributed by atoms with Crippen molar-refractivity contribution in [2.75, 3.05) is 6.79 Å². The number of nitrogens with zero attached hydrogens (tertiary/aromatic N) is 2. The van der Waals surface area contributed by atoms with Crippen LogP contribution in [-0.2, 0) is 17.9 Å². The first-order valence-corrected chi connectivity index (χ1v) is 10.0. The van der Waals surface area contributed by atoms with Crippen LogP contribution >= 0.6 is 11.6 Å². The van der Waals surface area contributed by atoms with Crippen molar-refractivity contribution in [3.63, 3.8) is 0 Å². The second kappa shape index (κ2) is 7.91. The average molecular weight is 411 g/mol. The van der Waals surface area contributed by atoms with Crippen LogP contribution in [0.5, 0.6) is 11.5 Å². The number of ether oxygens (including phenoxy) is 2. The maximum Gasteiger partial charge on any atom is 0.231 e. The highest BCUT2D eigenvalue weighted by Gasteiger charge is 2.19. The fourth-order valence-corrected chi connectivity index (χ4v) is 3.70. The van der Waals surface area contributed by atoms with Gasteiger partial charge in [0.25, 0.3) is 0 Å². The number of pyridine rings is 1. The highest BCUT2D eigenvalue weighted by molar-refractivity contribution is 6.30. The number of amides is 1. The first-order valence-electron chi connectivity index (χ1n) is 9.67.